The first-order valence-electron chi connectivity index (χ1n) is 4.19. The van der Waals surface area contributed by atoms with Crippen molar-refractivity contribution in [3.63, 3.8) is 0 Å². The van der Waals surface area contributed by atoms with Crippen molar-refractivity contribution in [3.8, 4) is 0 Å². The number of hydrogen-bond acceptors (Lipinski definition) is 3. The summed E-state index contributed by atoms with van der Waals surface area (Å²) in [6.45, 7) is 15.0. The van der Waals surface area contributed by atoms with E-state index in [9.17, 15) is 9.59 Å². The molecule has 0 aliphatic heterocycles. The lowest BCUT2D eigenvalue weighted by molar-refractivity contribution is -0.135. The number of hydrogen-bond donors (Lipinski definition) is 1. The number of rotatable bonds is 3. The maximum atomic E-state index is 9.84. The minimum atomic E-state index is -0.981. The van der Waals surface area contributed by atoms with Crippen LogP contribution in [-0.4, -0.2) is 24.2 Å². The molecule has 0 spiro atoms. The van der Waals surface area contributed by atoms with Crippen LogP contribution < -0.4 is 0 Å². The van der Waals surface area contributed by atoms with E-state index >= 15 is 0 Å². The number of carboxylic acids is 1. The molecule has 0 rings (SSSR count). The molecule has 0 saturated heterocycles. The van der Waals surface area contributed by atoms with Crippen LogP contribution >= 0.6 is 0 Å². The molecule has 0 heterocycles. The van der Waals surface area contributed by atoms with Crippen molar-refractivity contribution in [2.75, 3.05) is 7.11 Å². The summed E-state index contributed by atoms with van der Waals surface area (Å²) in [7, 11) is 1.31. The molecular weight excluding hydrogens is 208 g/mol. The molecule has 4 heteroatoms. The summed E-state index contributed by atoms with van der Waals surface area (Å²) in [6, 6.07) is 0. The normalized spacial score (nSPS) is 6.62. The van der Waals surface area contributed by atoms with Crippen molar-refractivity contribution in [1.82, 2.24) is 0 Å². The number of esters is 1. The molecule has 0 bridgehead atoms. The van der Waals surface area contributed by atoms with Gasteiger partial charge in [-0.2, -0.15) is 0 Å². The van der Waals surface area contributed by atoms with Gasteiger partial charge in [0.2, 0.25) is 0 Å². The zero-order valence-electron chi connectivity index (χ0n) is 9.73. The Kier molecular flexibility index (Phi) is 18.7. The Balaban J connectivity index is -0.000000160. The molecule has 0 saturated carbocycles. The Hall–Kier alpha value is -2.10. The van der Waals surface area contributed by atoms with Crippen molar-refractivity contribution in [2.45, 2.75) is 6.92 Å². The summed E-state index contributed by atoms with van der Waals surface area (Å²) in [5.74, 6) is -1.37. The zero-order valence-corrected chi connectivity index (χ0v) is 9.73. The SMILES string of the molecule is C=CC(=C)C.C=CC(=O)O.C=CC(=O)OC. The van der Waals surface area contributed by atoms with Crippen molar-refractivity contribution in [3.05, 3.63) is 50.1 Å². The van der Waals surface area contributed by atoms with Crippen LogP contribution in [0.3, 0.4) is 0 Å². The van der Waals surface area contributed by atoms with Gasteiger partial charge < -0.3 is 9.84 Å². The Morgan fingerprint density at radius 2 is 1.44 bits per heavy atom. The molecule has 0 amide bonds. The summed E-state index contributed by atoms with van der Waals surface area (Å²) < 4.78 is 4.14. The van der Waals surface area contributed by atoms with E-state index in [1.54, 1.807) is 6.08 Å². The molecular formula is C12H18O4. The minimum absolute atomic E-state index is 0.394. The lowest BCUT2D eigenvalue weighted by atomic mass is 10.4. The highest BCUT2D eigenvalue weighted by Crippen LogP contribution is 1.81. The number of ether oxygens (including phenoxy) is 1. The fourth-order valence-corrected chi connectivity index (χ4v) is 0.0833. The Labute approximate surface area is 96.2 Å². The average molecular weight is 226 g/mol. The molecule has 0 aromatic heterocycles. The highest BCUT2D eigenvalue weighted by atomic mass is 16.5. The topological polar surface area (TPSA) is 63.6 Å². The lowest BCUT2D eigenvalue weighted by Crippen LogP contribution is -1.91. The van der Waals surface area contributed by atoms with Gasteiger partial charge in [-0.25, -0.2) is 9.59 Å². The van der Waals surface area contributed by atoms with E-state index in [1.807, 2.05) is 6.92 Å². The Morgan fingerprint density at radius 1 is 1.12 bits per heavy atom. The molecule has 0 aromatic carbocycles. The number of carbonyl (C=O) groups is 2. The van der Waals surface area contributed by atoms with Gasteiger partial charge >= 0.3 is 11.9 Å². The van der Waals surface area contributed by atoms with E-state index < -0.39 is 11.9 Å². The minimum Gasteiger partial charge on any atom is -0.478 e. The molecule has 90 valence electrons. The Bertz CT molecular complexity index is 246. The highest BCUT2D eigenvalue weighted by Gasteiger charge is 1.81. The quantitative estimate of drug-likeness (QED) is 0.456. The maximum Gasteiger partial charge on any atom is 0.329 e. The number of methoxy groups -OCH3 is 1. The van der Waals surface area contributed by atoms with Gasteiger partial charge in [-0.15, -0.1) is 0 Å². The molecule has 0 aliphatic carbocycles. The molecule has 0 atom stereocenters. The number of aliphatic carboxylic acids is 1. The first-order valence-corrected chi connectivity index (χ1v) is 4.19. The second kappa shape index (κ2) is 15.4. The van der Waals surface area contributed by atoms with Gasteiger partial charge in [-0.3, -0.25) is 0 Å². The first kappa shape index (κ1) is 19.5. The van der Waals surface area contributed by atoms with Crippen LogP contribution in [-0.2, 0) is 14.3 Å². The Morgan fingerprint density at radius 3 is 1.44 bits per heavy atom. The van der Waals surface area contributed by atoms with Gasteiger partial charge in [0.15, 0.2) is 0 Å². The van der Waals surface area contributed by atoms with Crippen molar-refractivity contribution < 1.29 is 19.4 Å². The standard InChI is InChI=1S/C5H8.C4H6O2.C3H4O2/c1-4-5(2)3;1-3-4(5)6-2;1-2-3(4)5/h4H,1-2H2,3H3;3H,1H2,2H3;2H,1H2,(H,4,5). The molecule has 0 fully saturated rings. The third-order valence-electron chi connectivity index (χ3n) is 0.891. The molecule has 0 radical (unpaired) electrons. The molecule has 0 aliphatic rings. The van der Waals surface area contributed by atoms with Gasteiger partial charge in [-0.05, 0) is 6.92 Å². The third kappa shape index (κ3) is 40.6. The monoisotopic (exact) mass is 226 g/mol. The van der Waals surface area contributed by atoms with Gasteiger partial charge in [0.1, 0.15) is 0 Å². The van der Waals surface area contributed by atoms with Crippen LogP contribution in [0.4, 0.5) is 0 Å². The maximum absolute atomic E-state index is 9.84. The van der Waals surface area contributed by atoms with Gasteiger partial charge in [0.25, 0.3) is 0 Å². The predicted octanol–water partition coefficient (Wildman–Crippen LogP) is 2.35. The van der Waals surface area contributed by atoms with E-state index in [0.29, 0.717) is 0 Å². The van der Waals surface area contributed by atoms with Crippen LogP contribution in [0.15, 0.2) is 50.1 Å². The van der Waals surface area contributed by atoms with E-state index in [0.717, 1.165) is 17.7 Å². The van der Waals surface area contributed by atoms with Gasteiger partial charge in [0.05, 0.1) is 7.11 Å². The molecule has 0 unspecified atom stereocenters. The second-order valence-electron chi connectivity index (χ2n) is 2.32. The van der Waals surface area contributed by atoms with Crippen molar-refractivity contribution >= 4 is 11.9 Å². The van der Waals surface area contributed by atoms with E-state index in [4.69, 9.17) is 5.11 Å². The second-order valence-corrected chi connectivity index (χ2v) is 2.32. The number of allylic oxidation sites excluding steroid dienone is 2. The summed E-state index contributed by atoms with van der Waals surface area (Å²) in [6.07, 6.45) is 3.67. The number of carbonyl (C=O) groups excluding carboxylic acids is 1. The fourth-order valence-electron chi connectivity index (χ4n) is 0.0833. The van der Waals surface area contributed by atoms with Gasteiger partial charge in [-0.1, -0.05) is 38.0 Å². The number of carboxylic acid groups (broad SMARTS) is 1. The largest absolute Gasteiger partial charge is 0.478 e. The highest BCUT2D eigenvalue weighted by molar-refractivity contribution is 5.80. The van der Waals surface area contributed by atoms with Crippen molar-refractivity contribution in [2.24, 2.45) is 0 Å². The van der Waals surface area contributed by atoms with Crippen LogP contribution in [0.2, 0.25) is 0 Å². The van der Waals surface area contributed by atoms with E-state index in [-0.39, 0.29) is 0 Å². The summed E-state index contributed by atoms with van der Waals surface area (Å²) in [5.41, 5.74) is 1.02. The molecule has 0 aromatic rings. The lowest BCUT2D eigenvalue weighted by Gasteiger charge is -1.83. The fraction of sp³-hybridized carbons (Fsp3) is 0.167. The third-order valence-corrected chi connectivity index (χ3v) is 0.891. The molecule has 16 heavy (non-hydrogen) atoms. The predicted molar refractivity (Wildman–Crippen MR) is 65.1 cm³/mol. The van der Waals surface area contributed by atoms with Crippen LogP contribution in [0, 0.1) is 0 Å². The van der Waals surface area contributed by atoms with Crippen LogP contribution in [0.5, 0.6) is 0 Å². The zero-order chi connectivity index (χ0) is 13.6. The van der Waals surface area contributed by atoms with E-state index in [1.165, 1.54) is 7.11 Å². The summed E-state index contributed by atoms with van der Waals surface area (Å²) >= 11 is 0. The van der Waals surface area contributed by atoms with Crippen LogP contribution in [0.1, 0.15) is 6.92 Å². The summed E-state index contributed by atoms with van der Waals surface area (Å²) in [5, 5.41) is 7.60. The van der Waals surface area contributed by atoms with Crippen LogP contribution in [0.25, 0.3) is 0 Å². The molecule has 1 N–H and O–H groups in total. The van der Waals surface area contributed by atoms with E-state index in [2.05, 4.69) is 31.1 Å². The smallest absolute Gasteiger partial charge is 0.329 e. The summed E-state index contributed by atoms with van der Waals surface area (Å²) in [4.78, 5) is 19.1. The first-order chi connectivity index (χ1) is 7.35. The van der Waals surface area contributed by atoms with Crippen molar-refractivity contribution in [1.29, 1.82) is 0 Å². The van der Waals surface area contributed by atoms with Gasteiger partial charge in [0, 0.05) is 12.2 Å². The average Bonchev–Trinajstić information content (AvgIpc) is 2.29. The molecule has 4 nitrogen and oxygen atoms in total.